The fraction of sp³-hybridized carbons (Fsp3) is 0.368. The van der Waals surface area contributed by atoms with E-state index in [0.29, 0.717) is 38.3 Å². The Morgan fingerprint density at radius 3 is 2.68 bits per heavy atom. The number of rotatable bonds is 5. The molecule has 0 spiro atoms. The Morgan fingerprint density at radius 1 is 1.28 bits per heavy atom. The van der Waals surface area contributed by atoms with Gasteiger partial charge < -0.3 is 15.9 Å². The number of carboxylic acids is 1. The molecule has 1 fully saturated rings. The van der Waals surface area contributed by atoms with E-state index >= 15 is 0 Å². The van der Waals surface area contributed by atoms with E-state index in [1.165, 1.54) is 0 Å². The number of aliphatic carboxylic acids is 1. The van der Waals surface area contributed by atoms with Gasteiger partial charge in [-0.05, 0) is 31.0 Å². The van der Waals surface area contributed by atoms with E-state index in [2.05, 4.69) is 4.98 Å². The number of nitrogen functional groups attached to an aromatic ring is 1. The van der Waals surface area contributed by atoms with Gasteiger partial charge in [0.15, 0.2) is 0 Å². The van der Waals surface area contributed by atoms with Gasteiger partial charge in [-0.2, -0.15) is 0 Å². The van der Waals surface area contributed by atoms with Crippen LogP contribution < -0.4 is 5.73 Å². The Labute approximate surface area is 146 Å². The first kappa shape index (κ1) is 17.4. The minimum absolute atomic E-state index is 0.299. The molecule has 1 saturated heterocycles. The van der Waals surface area contributed by atoms with E-state index in [0.717, 1.165) is 11.1 Å². The predicted octanol–water partition coefficient (Wildman–Crippen LogP) is 1.54. The molecule has 25 heavy (non-hydrogen) atoms. The summed E-state index contributed by atoms with van der Waals surface area (Å²) in [5.41, 5.74) is 6.54. The smallest absolute Gasteiger partial charge is 0.312 e. The molecule has 1 aromatic carbocycles. The van der Waals surface area contributed by atoms with E-state index < -0.39 is 17.5 Å². The van der Waals surface area contributed by atoms with E-state index in [-0.39, 0.29) is 0 Å². The molecule has 6 nitrogen and oxygen atoms in total. The third-order valence-corrected chi connectivity index (χ3v) is 5.05. The molecule has 3 rings (SSSR count). The molecular weight excluding hydrogens is 318 g/mol. The van der Waals surface area contributed by atoms with Crippen LogP contribution in [0, 0.1) is 5.41 Å². The maximum atomic E-state index is 12.0. The number of likely N-dealkylation sites (tertiary alicyclic amines) is 1. The minimum atomic E-state index is -1.15. The van der Waals surface area contributed by atoms with Crippen molar-refractivity contribution in [3.05, 3.63) is 59.8 Å². The van der Waals surface area contributed by atoms with Gasteiger partial charge in [-0.15, -0.1) is 0 Å². The van der Waals surface area contributed by atoms with Crippen molar-refractivity contribution in [2.45, 2.75) is 25.5 Å². The molecule has 0 aliphatic carbocycles. The first-order valence-corrected chi connectivity index (χ1v) is 8.38. The zero-order valence-electron chi connectivity index (χ0n) is 14.0. The first-order chi connectivity index (χ1) is 12.0. The summed E-state index contributed by atoms with van der Waals surface area (Å²) in [6, 6.07) is 13.2. The zero-order chi connectivity index (χ0) is 17.9. The molecule has 1 aromatic heterocycles. The number of hydrogen-bond donors (Lipinski definition) is 3. The monoisotopic (exact) mass is 341 g/mol. The van der Waals surface area contributed by atoms with Crippen LogP contribution in [0.1, 0.15) is 17.5 Å². The number of piperidine rings is 1. The van der Waals surface area contributed by atoms with Gasteiger partial charge in [0.25, 0.3) is 0 Å². The number of benzene rings is 1. The van der Waals surface area contributed by atoms with Gasteiger partial charge in [-0.25, -0.2) is 4.98 Å². The zero-order valence-corrected chi connectivity index (χ0v) is 14.0. The van der Waals surface area contributed by atoms with E-state index in [1.54, 1.807) is 6.20 Å². The van der Waals surface area contributed by atoms with E-state index in [9.17, 15) is 15.0 Å². The Hall–Kier alpha value is -2.44. The van der Waals surface area contributed by atoms with Crippen molar-refractivity contribution in [1.82, 2.24) is 9.88 Å². The number of anilines is 1. The van der Waals surface area contributed by atoms with Gasteiger partial charge in [0.1, 0.15) is 11.2 Å². The van der Waals surface area contributed by atoms with Crippen LogP contribution in [0.15, 0.2) is 48.7 Å². The average molecular weight is 341 g/mol. The Morgan fingerprint density at radius 2 is 2.04 bits per heavy atom. The molecule has 0 amide bonds. The molecule has 4 N–H and O–H groups in total. The molecule has 132 valence electrons. The average Bonchev–Trinajstić information content (AvgIpc) is 2.60. The van der Waals surface area contributed by atoms with Gasteiger partial charge in [0, 0.05) is 24.8 Å². The summed E-state index contributed by atoms with van der Waals surface area (Å²) in [6.45, 7) is 1.44. The number of β-amino-alcohol motifs (C(OH)–C–C–N with tert-alkyl or cyclic N) is 1. The quantitative estimate of drug-likeness (QED) is 0.763. The van der Waals surface area contributed by atoms with Gasteiger partial charge in [0.2, 0.25) is 0 Å². The predicted molar refractivity (Wildman–Crippen MR) is 94.8 cm³/mol. The summed E-state index contributed by atoms with van der Waals surface area (Å²) >= 11 is 0. The number of aliphatic hydroxyl groups excluding tert-OH is 1. The molecule has 0 bridgehead atoms. The SMILES string of the molecule is Nc1ncccc1CN1CC[C@](Cc2ccccc2)(C(=O)O)[C@H](O)C1. The molecular formula is C19H23N3O3. The standard InChI is InChI=1S/C19H23N3O3/c20-17-15(7-4-9-21-17)12-22-10-8-19(18(24)25,16(23)13-22)11-14-5-2-1-3-6-14/h1-7,9,16,23H,8,10-13H2,(H2,20,21)(H,24,25)/t16-,19-/m1/s1. The molecule has 2 heterocycles. The lowest BCUT2D eigenvalue weighted by Crippen LogP contribution is -2.55. The van der Waals surface area contributed by atoms with Crippen molar-refractivity contribution in [2.75, 3.05) is 18.8 Å². The van der Waals surface area contributed by atoms with Crippen molar-refractivity contribution < 1.29 is 15.0 Å². The van der Waals surface area contributed by atoms with Crippen molar-refractivity contribution in [3.8, 4) is 0 Å². The molecule has 0 radical (unpaired) electrons. The number of aliphatic hydroxyl groups is 1. The minimum Gasteiger partial charge on any atom is -0.481 e. The highest BCUT2D eigenvalue weighted by atomic mass is 16.4. The lowest BCUT2D eigenvalue weighted by Gasteiger charge is -2.43. The van der Waals surface area contributed by atoms with Crippen molar-refractivity contribution >= 4 is 11.8 Å². The Bertz CT molecular complexity index is 738. The number of pyridine rings is 1. The third kappa shape index (κ3) is 3.65. The van der Waals surface area contributed by atoms with Crippen molar-refractivity contribution in [1.29, 1.82) is 0 Å². The van der Waals surface area contributed by atoms with Crippen molar-refractivity contribution in [2.24, 2.45) is 5.41 Å². The highest BCUT2D eigenvalue weighted by Crippen LogP contribution is 2.36. The number of nitrogens with zero attached hydrogens (tertiary/aromatic N) is 2. The van der Waals surface area contributed by atoms with Gasteiger partial charge in [0.05, 0.1) is 6.10 Å². The Balaban J connectivity index is 1.74. The van der Waals surface area contributed by atoms with Gasteiger partial charge in [-0.3, -0.25) is 9.69 Å². The topological polar surface area (TPSA) is 99.7 Å². The molecule has 0 unspecified atom stereocenters. The van der Waals surface area contributed by atoms with Crippen molar-refractivity contribution in [3.63, 3.8) is 0 Å². The van der Waals surface area contributed by atoms with E-state index in [4.69, 9.17) is 5.73 Å². The second-order valence-corrected chi connectivity index (χ2v) is 6.67. The fourth-order valence-electron chi connectivity index (χ4n) is 3.50. The Kier molecular flexibility index (Phi) is 5.01. The number of carbonyl (C=O) groups is 1. The maximum Gasteiger partial charge on any atom is 0.312 e. The van der Waals surface area contributed by atoms with E-state index in [1.807, 2.05) is 47.4 Å². The molecule has 2 atom stereocenters. The van der Waals surface area contributed by atoms with Crippen LogP contribution in [-0.4, -0.2) is 45.3 Å². The number of hydrogen-bond acceptors (Lipinski definition) is 5. The highest BCUT2D eigenvalue weighted by Gasteiger charge is 2.48. The normalized spacial score (nSPS) is 24.1. The largest absolute Gasteiger partial charge is 0.481 e. The maximum absolute atomic E-state index is 12.0. The summed E-state index contributed by atoms with van der Waals surface area (Å²) in [6.07, 6.45) is 1.40. The van der Waals surface area contributed by atoms with Crippen LogP contribution in [-0.2, 0) is 17.8 Å². The fourth-order valence-corrected chi connectivity index (χ4v) is 3.50. The van der Waals surface area contributed by atoms with Crippen LogP contribution in [0.3, 0.4) is 0 Å². The lowest BCUT2D eigenvalue weighted by molar-refractivity contribution is -0.163. The van der Waals surface area contributed by atoms with Crippen LogP contribution in [0.4, 0.5) is 5.82 Å². The molecule has 1 aliphatic rings. The first-order valence-electron chi connectivity index (χ1n) is 8.38. The van der Waals surface area contributed by atoms with Crippen LogP contribution in [0.25, 0.3) is 0 Å². The number of nitrogens with two attached hydrogens (primary N) is 1. The second kappa shape index (κ2) is 7.21. The molecule has 0 saturated carbocycles. The molecule has 6 heteroatoms. The second-order valence-electron chi connectivity index (χ2n) is 6.67. The summed E-state index contributed by atoms with van der Waals surface area (Å²) in [7, 11) is 0. The molecule has 1 aliphatic heterocycles. The number of aromatic nitrogens is 1. The third-order valence-electron chi connectivity index (χ3n) is 5.05. The lowest BCUT2D eigenvalue weighted by atomic mass is 9.71. The van der Waals surface area contributed by atoms with Crippen LogP contribution >= 0.6 is 0 Å². The molecule has 2 aromatic rings. The summed E-state index contributed by atoms with van der Waals surface area (Å²) in [5.74, 6) is -0.472. The van der Waals surface area contributed by atoms with Crippen LogP contribution in [0.2, 0.25) is 0 Å². The number of carboxylic acid groups (broad SMARTS) is 1. The van der Waals surface area contributed by atoms with Gasteiger partial charge >= 0.3 is 5.97 Å². The summed E-state index contributed by atoms with van der Waals surface area (Å²) in [5, 5.41) is 20.5. The summed E-state index contributed by atoms with van der Waals surface area (Å²) < 4.78 is 0. The highest BCUT2D eigenvalue weighted by molar-refractivity contribution is 5.76. The summed E-state index contributed by atoms with van der Waals surface area (Å²) in [4.78, 5) is 18.1. The van der Waals surface area contributed by atoms with Crippen LogP contribution in [0.5, 0.6) is 0 Å². The van der Waals surface area contributed by atoms with Gasteiger partial charge in [-0.1, -0.05) is 36.4 Å².